The number of carbonyl (C=O) groups excluding carboxylic acids is 3. The highest BCUT2D eigenvalue weighted by atomic mass is 35.5. The van der Waals surface area contributed by atoms with Crippen molar-refractivity contribution in [1.29, 1.82) is 0 Å². The molecule has 0 aromatic heterocycles. The van der Waals surface area contributed by atoms with E-state index in [1.807, 2.05) is 6.07 Å². The first-order valence-electron chi connectivity index (χ1n) is 9.61. The Kier molecular flexibility index (Phi) is 7.37. The molecule has 1 N–H and O–H groups in total. The first-order valence-corrected chi connectivity index (χ1v) is 9.98. The van der Waals surface area contributed by atoms with E-state index in [-0.39, 0.29) is 27.5 Å². The average Bonchev–Trinajstić information content (AvgIpc) is 2.83. The van der Waals surface area contributed by atoms with Gasteiger partial charge in [0.05, 0.1) is 26.8 Å². The maximum absolute atomic E-state index is 12.9. The minimum atomic E-state index is -0.856. The molecule has 0 heterocycles. The van der Waals surface area contributed by atoms with Crippen molar-refractivity contribution >= 4 is 46.4 Å². The third kappa shape index (κ3) is 5.72. The van der Waals surface area contributed by atoms with Crippen molar-refractivity contribution in [1.82, 2.24) is 0 Å². The van der Waals surface area contributed by atoms with E-state index >= 15 is 0 Å². The summed E-state index contributed by atoms with van der Waals surface area (Å²) < 4.78 is 5.07. The SMILES string of the molecule is CN(C(=O)c1ccccc1C(=O)OCC(=O)Nc1ccc([N+](=O)[O-])cc1Cl)c1ccccc1. The number of nitrogens with one attached hydrogen (secondary N) is 1. The number of anilines is 2. The second-order valence-corrected chi connectivity index (χ2v) is 7.20. The number of nitro benzene ring substituents is 1. The second-order valence-electron chi connectivity index (χ2n) is 6.79. The Bertz CT molecular complexity index is 1220. The number of hydrogen-bond acceptors (Lipinski definition) is 6. The minimum absolute atomic E-state index is 0.00597. The molecule has 3 rings (SSSR count). The molecule has 0 unspecified atom stereocenters. The Morgan fingerprint density at radius 2 is 1.64 bits per heavy atom. The Morgan fingerprint density at radius 1 is 1.00 bits per heavy atom. The first kappa shape index (κ1) is 23.4. The van der Waals surface area contributed by atoms with Crippen LogP contribution in [0.1, 0.15) is 20.7 Å². The molecule has 0 aliphatic rings. The van der Waals surface area contributed by atoms with Crippen LogP contribution in [0.15, 0.2) is 72.8 Å². The number of amides is 2. The van der Waals surface area contributed by atoms with Gasteiger partial charge in [0.1, 0.15) is 0 Å². The quantitative estimate of drug-likeness (QED) is 0.314. The van der Waals surface area contributed by atoms with Gasteiger partial charge in [-0.05, 0) is 30.3 Å². The summed E-state index contributed by atoms with van der Waals surface area (Å²) in [7, 11) is 1.58. The number of esters is 1. The van der Waals surface area contributed by atoms with Crippen LogP contribution in [0, 0.1) is 10.1 Å². The summed E-state index contributed by atoms with van der Waals surface area (Å²) in [5, 5.41) is 13.1. The van der Waals surface area contributed by atoms with Crippen LogP contribution in [-0.4, -0.2) is 36.4 Å². The number of carbonyl (C=O) groups is 3. The van der Waals surface area contributed by atoms with Gasteiger partial charge in [0, 0.05) is 24.9 Å². The van der Waals surface area contributed by atoms with Crippen molar-refractivity contribution in [2.45, 2.75) is 0 Å². The van der Waals surface area contributed by atoms with E-state index in [0.29, 0.717) is 5.69 Å². The van der Waals surface area contributed by atoms with Crippen LogP contribution in [0.2, 0.25) is 5.02 Å². The van der Waals surface area contributed by atoms with Crippen molar-refractivity contribution in [2.75, 3.05) is 23.9 Å². The molecule has 9 nitrogen and oxygen atoms in total. The fraction of sp³-hybridized carbons (Fsp3) is 0.0870. The van der Waals surface area contributed by atoms with Gasteiger partial charge in [-0.3, -0.25) is 19.7 Å². The Hall–Kier alpha value is -4.24. The van der Waals surface area contributed by atoms with Gasteiger partial charge in [-0.25, -0.2) is 4.79 Å². The number of nitro groups is 1. The molecule has 0 fully saturated rings. The van der Waals surface area contributed by atoms with Gasteiger partial charge in [0.15, 0.2) is 6.61 Å². The Morgan fingerprint density at radius 3 is 2.27 bits per heavy atom. The van der Waals surface area contributed by atoms with Crippen LogP contribution >= 0.6 is 11.6 Å². The molecule has 0 atom stereocenters. The van der Waals surface area contributed by atoms with E-state index in [2.05, 4.69) is 5.32 Å². The smallest absolute Gasteiger partial charge is 0.339 e. The highest BCUT2D eigenvalue weighted by Crippen LogP contribution is 2.26. The molecule has 0 saturated carbocycles. The number of hydrogen-bond donors (Lipinski definition) is 1. The molecule has 10 heteroatoms. The zero-order chi connectivity index (χ0) is 24.0. The molecule has 168 valence electrons. The predicted octanol–water partition coefficient (Wildman–Crippen LogP) is 4.32. The van der Waals surface area contributed by atoms with E-state index < -0.39 is 29.3 Å². The number of non-ortho nitro benzene ring substituents is 1. The summed E-state index contributed by atoms with van der Waals surface area (Å²) in [5.74, 6) is -1.98. The van der Waals surface area contributed by atoms with Crippen LogP contribution in [0.25, 0.3) is 0 Å². The fourth-order valence-corrected chi connectivity index (χ4v) is 3.13. The van der Waals surface area contributed by atoms with Crippen molar-refractivity contribution in [3.63, 3.8) is 0 Å². The highest BCUT2D eigenvalue weighted by Gasteiger charge is 2.22. The Labute approximate surface area is 193 Å². The van der Waals surface area contributed by atoms with Crippen molar-refractivity contribution in [2.24, 2.45) is 0 Å². The lowest BCUT2D eigenvalue weighted by molar-refractivity contribution is -0.384. The molecule has 0 aliphatic heterocycles. The summed E-state index contributed by atoms with van der Waals surface area (Å²) in [5.41, 5.74) is 0.665. The number of rotatable bonds is 7. The van der Waals surface area contributed by atoms with Crippen molar-refractivity contribution in [3.05, 3.63) is 99.1 Å². The lowest BCUT2D eigenvalue weighted by Crippen LogP contribution is -2.28. The molecule has 3 aromatic rings. The third-order valence-corrected chi connectivity index (χ3v) is 4.91. The van der Waals surface area contributed by atoms with E-state index in [1.165, 1.54) is 29.2 Å². The topological polar surface area (TPSA) is 119 Å². The fourth-order valence-electron chi connectivity index (χ4n) is 2.91. The van der Waals surface area contributed by atoms with Gasteiger partial charge in [0.25, 0.3) is 17.5 Å². The molecule has 0 bridgehead atoms. The normalized spacial score (nSPS) is 10.2. The number of ether oxygens (including phenoxy) is 1. The summed E-state index contributed by atoms with van der Waals surface area (Å²) in [6.45, 7) is -0.650. The second kappa shape index (κ2) is 10.4. The van der Waals surface area contributed by atoms with Gasteiger partial charge < -0.3 is 15.0 Å². The standard InChI is InChI=1S/C23H18ClN3O6/c1-26(15-7-3-2-4-8-15)22(29)17-9-5-6-10-18(17)23(30)33-14-21(28)25-20-12-11-16(27(31)32)13-19(20)24/h2-13H,14H2,1H3,(H,25,28). The molecule has 0 saturated heterocycles. The average molecular weight is 468 g/mol. The Balaban J connectivity index is 1.67. The minimum Gasteiger partial charge on any atom is -0.452 e. The van der Waals surface area contributed by atoms with Crippen LogP contribution < -0.4 is 10.2 Å². The maximum atomic E-state index is 12.9. The van der Waals surface area contributed by atoms with Crippen LogP contribution in [-0.2, 0) is 9.53 Å². The lowest BCUT2D eigenvalue weighted by atomic mass is 10.1. The molecule has 0 radical (unpaired) electrons. The van der Waals surface area contributed by atoms with Crippen LogP contribution in [0.3, 0.4) is 0 Å². The number of benzene rings is 3. The van der Waals surface area contributed by atoms with E-state index in [9.17, 15) is 24.5 Å². The zero-order valence-electron chi connectivity index (χ0n) is 17.4. The maximum Gasteiger partial charge on any atom is 0.339 e. The molecular formula is C23H18ClN3O6. The van der Waals surface area contributed by atoms with Gasteiger partial charge in [-0.15, -0.1) is 0 Å². The van der Waals surface area contributed by atoms with Gasteiger partial charge in [0.2, 0.25) is 0 Å². The highest BCUT2D eigenvalue weighted by molar-refractivity contribution is 6.34. The largest absolute Gasteiger partial charge is 0.452 e. The summed E-state index contributed by atoms with van der Waals surface area (Å²) in [6, 6.07) is 18.6. The van der Waals surface area contributed by atoms with Crippen LogP contribution in [0.5, 0.6) is 0 Å². The van der Waals surface area contributed by atoms with E-state index in [4.69, 9.17) is 16.3 Å². The monoisotopic (exact) mass is 467 g/mol. The summed E-state index contributed by atoms with van der Waals surface area (Å²) >= 11 is 5.94. The van der Waals surface area contributed by atoms with Gasteiger partial charge in [-0.2, -0.15) is 0 Å². The molecule has 3 aromatic carbocycles. The summed E-state index contributed by atoms with van der Waals surface area (Å²) in [4.78, 5) is 49.3. The first-order chi connectivity index (χ1) is 15.8. The zero-order valence-corrected chi connectivity index (χ0v) is 18.1. The molecule has 0 aliphatic carbocycles. The predicted molar refractivity (Wildman–Crippen MR) is 123 cm³/mol. The van der Waals surface area contributed by atoms with Crippen molar-refractivity contribution in [3.8, 4) is 0 Å². The van der Waals surface area contributed by atoms with E-state index in [0.717, 1.165) is 6.07 Å². The molecular weight excluding hydrogens is 450 g/mol. The number of nitrogens with zero attached hydrogens (tertiary/aromatic N) is 2. The molecule has 0 spiro atoms. The molecule has 33 heavy (non-hydrogen) atoms. The third-order valence-electron chi connectivity index (χ3n) is 4.60. The number of halogens is 1. The summed E-state index contributed by atoms with van der Waals surface area (Å²) in [6.07, 6.45) is 0. The molecule has 2 amide bonds. The van der Waals surface area contributed by atoms with Gasteiger partial charge in [-0.1, -0.05) is 41.9 Å². The van der Waals surface area contributed by atoms with Crippen LogP contribution in [0.4, 0.5) is 17.1 Å². The number of para-hydroxylation sites is 1. The van der Waals surface area contributed by atoms with Crippen molar-refractivity contribution < 1.29 is 24.0 Å². The van der Waals surface area contributed by atoms with Gasteiger partial charge >= 0.3 is 5.97 Å². The van der Waals surface area contributed by atoms with E-state index in [1.54, 1.807) is 43.4 Å². The lowest BCUT2D eigenvalue weighted by Gasteiger charge is -2.18.